The second-order valence-corrected chi connectivity index (χ2v) is 8.88. The van der Waals surface area contributed by atoms with E-state index in [0.717, 1.165) is 11.1 Å². The lowest BCUT2D eigenvalue weighted by Gasteiger charge is -2.26. The monoisotopic (exact) mass is 515 g/mol. The molecular weight excluding hydrogens is 486 g/mol. The number of rotatable bonds is 7. The largest absolute Gasteiger partial charge is 0.507 e. The summed E-state index contributed by atoms with van der Waals surface area (Å²) in [5.41, 5.74) is 2.88. The molecule has 1 N–H and O–H groups in total. The third-order valence-corrected chi connectivity index (χ3v) is 6.37. The first-order chi connectivity index (χ1) is 18.2. The molecule has 4 rings (SSSR count). The number of hydrogen-bond acceptors (Lipinski definition) is 7. The zero-order valence-electron chi connectivity index (χ0n) is 21.9. The van der Waals surface area contributed by atoms with Crippen molar-refractivity contribution in [2.45, 2.75) is 26.8 Å². The van der Waals surface area contributed by atoms with E-state index in [2.05, 4.69) is 0 Å². The standard InChI is InChI=1S/C30H29NO7/c1-6-38-30(35)20-10-7-11-21(15-20)31-25(19-9-8-12-22(16-19)36-4)24(27(33)29(31)34)26(32)23-14-17(2)13-18(3)28(23)37-5/h7-16,25,32H,6H2,1-5H3/b26-24+. The van der Waals surface area contributed by atoms with Crippen molar-refractivity contribution in [2.24, 2.45) is 0 Å². The van der Waals surface area contributed by atoms with Gasteiger partial charge < -0.3 is 19.3 Å². The minimum absolute atomic E-state index is 0.104. The van der Waals surface area contributed by atoms with Crippen LogP contribution in [0.2, 0.25) is 0 Å². The zero-order chi connectivity index (χ0) is 27.6. The third kappa shape index (κ3) is 4.72. The number of aliphatic hydroxyl groups excluding tert-OH is 1. The van der Waals surface area contributed by atoms with Crippen molar-refractivity contribution in [3.8, 4) is 11.5 Å². The van der Waals surface area contributed by atoms with Crippen LogP contribution in [0.3, 0.4) is 0 Å². The summed E-state index contributed by atoms with van der Waals surface area (Å²) < 4.78 is 16.1. The van der Waals surface area contributed by atoms with Crippen LogP contribution in [0.4, 0.5) is 5.69 Å². The van der Waals surface area contributed by atoms with Crippen LogP contribution < -0.4 is 14.4 Å². The van der Waals surface area contributed by atoms with Gasteiger partial charge in [-0.05, 0) is 73.9 Å². The Morgan fingerprint density at radius 3 is 2.39 bits per heavy atom. The minimum Gasteiger partial charge on any atom is -0.507 e. The Bertz CT molecular complexity index is 1460. The van der Waals surface area contributed by atoms with Crippen molar-refractivity contribution in [1.82, 2.24) is 0 Å². The van der Waals surface area contributed by atoms with Crippen LogP contribution in [-0.2, 0) is 14.3 Å². The molecule has 0 saturated carbocycles. The third-order valence-electron chi connectivity index (χ3n) is 6.37. The highest BCUT2D eigenvalue weighted by atomic mass is 16.5. The van der Waals surface area contributed by atoms with E-state index in [1.54, 1.807) is 55.5 Å². The highest BCUT2D eigenvalue weighted by Gasteiger charge is 2.47. The van der Waals surface area contributed by atoms with Crippen molar-refractivity contribution in [1.29, 1.82) is 0 Å². The highest BCUT2D eigenvalue weighted by molar-refractivity contribution is 6.51. The van der Waals surface area contributed by atoms with Crippen molar-refractivity contribution >= 4 is 29.1 Å². The number of aliphatic hydroxyl groups is 1. The smallest absolute Gasteiger partial charge is 0.338 e. The van der Waals surface area contributed by atoms with Crippen molar-refractivity contribution < 1.29 is 33.7 Å². The topological polar surface area (TPSA) is 102 Å². The van der Waals surface area contributed by atoms with Crippen molar-refractivity contribution in [3.05, 3.63) is 94.1 Å². The molecule has 3 aromatic rings. The average molecular weight is 516 g/mol. The Balaban J connectivity index is 1.99. The van der Waals surface area contributed by atoms with E-state index < -0.39 is 23.7 Å². The van der Waals surface area contributed by atoms with E-state index in [1.165, 1.54) is 25.2 Å². The number of esters is 1. The van der Waals surface area contributed by atoms with Crippen molar-refractivity contribution in [2.75, 3.05) is 25.7 Å². The number of aryl methyl sites for hydroxylation is 2. The Hall–Kier alpha value is -4.59. The first-order valence-electron chi connectivity index (χ1n) is 12.1. The van der Waals surface area contributed by atoms with Gasteiger partial charge in [-0.15, -0.1) is 0 Å². The Kier molecular flexibility index (Phi) is 7.52. The number of hydrogen-bond donors (Lipinski definition) is 1. The molecule has 1 heterocycles. The van der Waals surface area contributed by atoms with Crippen LogP contribution in [0.1, 0.15) is 45.6 Å². The average Bonchev–Trinajstić information content (AvgIpc) is 3.18. The maximum atomic E-state index is 13.6. The minimum atomic E-state index is -1.01. The lowest BCUT2D eigenvalue weighted by molar-refractivity contribution is -0.132. The quantitative estimate of drug-likeness (QED) is 0.202. The van der Waals surface area contributed by atoms with Gasteiger partial charge in [0.2, 0.25) is 0 Å². The second-order valence-electron chi connectivity index (χ2n) is 8.88. The van der Waals surface area contributed by atoms with E-state index in [9.17, 15) is 19.5 Å². The van der Waals surface area contributed by atoms with Gasteiger partial charge in [0.15, 0.2) is 0 Å². The van der Waals surface area contributed by atoms with E-state index in [-0.39, 0.29) is 23.5 Å². The summed E-state index contributed by atoms with van der Waals surface area (Å²) in [5, 5.41) is 11.6. The molecule has 1 fully saturated rings. The number of methoxy groups -OCH3 is 2. The summed E-state index contributed by atoms with van der Waals surface area (Å²) in [7, 11) is 2.99. The molecule has 38 heavy (non-hydrogen) atoms. The fourth-order valence-electron chi connectivity index (χ4n) is 4.77. The van der Waals surface area contributed by atoms with Gasteiger partial charge in [0, 0.05) is 5.69 Å². The maximum absolute atomic E-state index is 13.6. The molecular formula is C30H29NO7. The van der Waals surface area contributed by atoms with Crippen LogP contribution in [0, 0.1) is 13.8 Å². The van der Waals surface area contributed by atoms with E-state index in [4.69, 9.17) is 14.2 Å². The molecule has 0 radical (unpaired) electrons. The van der Waals surface area contributed by atoms with Crippen LogP contribution in [0.25, 0.3) is 5.76 Å². The van der Waals surface area contributed by atoms with Crippen LogP contribution in [0.15, 0.2) is 66.2 Å². The molecule has 1 unspecified atom stereocenters. The number of carbonyl (C=O) groups is 3. The number of ketones is 1. The molecule has 196 valence electrons. The maximum Gasteiger partial charge on any atom is 0.338 e. The van der Waals surface area contributed by atoms with E-state index in [1.807, 2.05) is 19.9 Å². The fourth-order valence-corrected chi connectivity index (χ4v) is 4.77. The normalized spacial score (nSPS) is 16.4. The first-order valence-corrected chi connectivity index (χ1v) is 12.1. The molecule has 8 heteroatoms. The number of anilines is 1. The summed E-state index contributed by atoms with van der Waals surface area (Å²) in [6.45, 7) is 5.59. The lowest BCUT2D eigenvalue weighted by atomic mass is 9.93. The molecule has 0 aromatic heterocycles. The molecule has 0 spiro atoms. The summed E-state index contributed by atoms with van der Waals surface area (Å²) >= 11 is 0. The Morgan fingerprint density at radius 1 is 0.974 bits per heavy atom. The molecule has 1 amide bonds. The SMILES string of the molecule is CCOC(=O)c1cccc(N2C(=O)C(=O)/C(=C(/O)c3cc(C)cc(C)c3OC)C2c2cccc(OC)c2)c1. The molecule has 1 aliphatic heterocycles. The zero-order valence-corrected chi connectivity index (χ0v) is 21.9. The molecule has 1 aliphatic rings. The molecule has 0 aliphatic carbocycles. The van der Waals surface area contributed by atoms with Crippen LogP contribution >= 0.6 is 0 Å². The molecule has 0 bridgehead atoms. The summed E-state index contributed by atoms with van der Waals surface area (Å²) in [6.07, 6.45) is 0. The lowest BCUT2D eigenvalue weighted by Crippen LogP contribution is -2.29. The van der Waals surface area contributed by atoms with Gasteiger partial charge in [-0.3, -0.25) is 14.5 Å². The fraction of sp³-hybridized carbons (Fsp3) is 0.233. The summed E-state index contributed by atoms with van der Waals surface area (Å²) in [4.78, 5) is 40.8. The van der Waals surface area contributed by atoms with E-state index in [0.29, 0.717) is 28.3 Å². The highest BCUT2D eigenvalue weighted by Crippen LogP contribution is 2.44. The number of carbonyl (C=O) groups excluding carboxylic acids is 3. The van der Waals surface area contributed by atoms with Gasteiger partial charge in [0.25, 0.3) is 11.7 Å². The number of amides is 1. The molecule has 1 saturated heterocycles. The van der Waals surface area contributed by atoms with Gasteiger partial charge in [0.1, 0.15) is 17.3 Å². The summed E-state index contributed by atoms with van der Waals surface area (Å²) in [6, 6.07) is 15.8. The van der Waals surface area contributed by atoms with Gasteiger partial charge in [0.05, 0.1) is 43.6 Å². The number of nitrogens with zero attached hydrogens (tertiary/aromatic N) is 1. The second kappa shape index (κ2) is 10.8. The van der Waals surface area contributed by atoms with Gasteiger partial charge in [-0.25, -0.2) is 4.79 Å². The van der Waals surface area contributed by atoms with Crippen LogP contribution in [-0.4, -0.2) is 43.6 Å². The molecule has 1 atom stereocenters. The summed E-state index contributed by atoms with van der Waals surface area (Å²) in [5.74, 6) is -1.71. The molecule has 8 nitrogen and oxygen atoms in total. The predicted octanol–water partition coefficient (Wildman–Crippen LogP) is 5.12. The van der Waals surface area contributed by atoms with Crippen LogP contribution in [0.5, 0.6) is 11.5 Å². The predicted molar refractivity (Wildman–Crippen MR) is 143 cm³/mol. The first kappa shape index (κ1) is 26.5. The van der Waals surface area contributed by atoms with Gasteiger partial charge >= 0.3 is 5.97 Å². The number of benzene rings is 3. The van der Waals surface area contributed by atoms with Crippen molar-refractivity contribution in [3.63, 3.8) is 0 Å². The van der Waals surface area contributed by atoms with Gasteiger partial charge in [-0.2, -0.15) is 0 Å². The van der Waals surface area contributed by atoms with Gasteiger partial charge in [-0.1, -0.05) is 24.3 Å². The number of Topliss-reactive ketones (excluding diaryl/α,β-unsaturated/α-hetero) is 1. The number of ether oxygens (including phenoxy) is 3. The Labute approximate surface area is 221 Å². The molecule has 3 aromatic carbocycles. The van der Waals surface area contributed by atoms with E-state index >= 15 is 0 Å². The Morgan fingerprint density at radius 2 is 1.71 bits per heavy atom.